The van der Waals surface area contributed by atoms with Gasteiger partial charge in [-0.3, -0.25) is 4.79 Å². The molecule has 1 N–H and O–H groups in total. The second kappa shape index (κ2) is 6.84. The molecule has 6 nitrogen and oxygen atoms in total. The average Bonchev–Trinajstić information content (AvgIpc) is 2.15. The third-order valence-electron chi connectivity index (χ3n) is 2.03. The van der Waals surface area contributed by atoms with E-state index in [9.17, 15) is 9.59 Å². The summed E-state index contributed by atoms with van der Waals surface area (Å²) in [5, 5.41) is 8.53. The molecule has 0 rings (SSSR count). The van der Waals surface area contributed by atoms with Crippen LogP contribution >= 0.6 is 0 Å². The van der Waals surface area contributed by atoms with Crippen LogP contribution in [0.25, 0.3) is 0 Å². The molecule has 0 aliphatic heterocycles. The zero-order valence-corrected chi connectivity index (χ0v) is 9.64. The van der Waals surface area contributed by atoms with Gasteiger partial charge in [0, 0.05) is 0 Å². The number of carbonyl (C=O) groups excluding carboxylic acids is 1. The minimum absolute atomic E-state index is 0.0874. The molecule has 16 heavy (non-hydrogen) atoms. The molecular weight excluding hydrogens is 214 g/mol. The number of carboxylic acid groups (broad SMARTS) is 1. The summed E-state index contributed by atoms with van der Waals surface area (Å²) in [5.74, 6) is -0.835. The van der Waals surface area contributed by atoms with Crippen molar-refractivity contribution in [1.82, 2.24) is 0 Å². The first kappa shape index (κ1) is 14.4. The summed E-state index contributed by atoms with van der Waals surface area (Å²) >= 11 is 0. The van der Waals surface area contributed by atoms with Crippen molar-refractivity contribution in [2.24, 2.45) is 0 Å². The maximum atomic E-state index is 10.8. The number of quaternary nitrogens is 1. The lowest BCUT2D eigenvalue weighted by Gasteiger charge is -2.28. The molecule has 0 aromatic carbocycles. The Morgan fingerprint density at radius 3 is 2.50 bits per heavy atom. The molecule has 0 aliphatic rings. The molecule has 0 radical (unpaired) electrons. The van der Waals surface area contributed by atoms with Gasteiger partial charge >= 0.3 is 12.1 Å². The van der Waals surface area contributed by atoms with Crippen LogP contribution in [0.15, 0.2) is 12.8 Å². The highest BCUT2D eigenvalue weighted by Gasteiger charge is 2.17. The van der Waals surface area contributed by atoms with Crippen molar-refractivity contribution in [1.29, 1.82) is 0 Å². The SMILES string of the molecule is C=COC(=O)OCC[N+](C)(C)CCC(=O)O. The quantitative estimate of drug-likeness (QED) is 0.400. The molecule has 92 valence electrons. The van der Waals surface area contributed by atoms with Gasteiger partial charge in [0.2, 0.25) is 0 Å². The predicted octanol–water partition coefficient (Wildman–Crippen LogP) is 0.834. The van der Waals surface area contributed by atoms with Crippen LogP contribution in [0.1, 0.15) is 6.42 Å². The van der Waals surface area contributed by atoms with Gasteiger partial charge in [0.1, 0.15) is 13.2 Å². The fourth-order valence-corrected chi connectivity index (χ4v) is 0.988. The zero-order chi connectivity index (χ0) is 12.6. The van der Waals surface area contributed by atoms with E-state index in [1.807, 2.05) is 14.1 Å². The predicted molar refractivity (Wildman–Crippen MR) is 56.7 cm³/mol. The Balaban J connectivity index is 3.76. The topological polar surface area (TPSA) is 72.8 Å². The first-order valence-corrected chi connectivity index (χ1v) is 4.85. The summed E-state index contributed by atoms with van der Waals surface area (Å²) in [7, 11) is 3.73. The number of nitrogens with zero attached hydrogens (tertiary/aromatic N) is 1. The van der Waals surface area contributed by atoms with Gasteiger partial charge in [0.25, 0.3) is 0 Å². The van der Waals surface area contributed by atoms with Crippen LogP contribution in [0.5, 0.6) is 0 Å². The van der Waals surface area contributed by atoms with Crippen molar-refractivity contribution < 1.29 is 28.7 Å². The van der Waals surface area contributed by atoms with E-state index in [0.717, 1.165) is 6.26 Å². The van der Waals surface area contributed by atoms with Crippen molar-refractivity contribution in [2.45, 2.75) is 6.42 Å². The molecule has 6 heteroatoms. The lowest BCUT2D eigenvalue weighted by Crippen LogP contribution is -2.44. The molecule has 0 saturated heterocycles. The number of likely N-dealkylation sites (N-methyl/N-ethyl adjacent to an activating group) is 1. The highest BCUT2D eigenvalue weighted by Crippen LogP contribution is 2.00. The van der Waals surface area contributed by atoms with E-state index in [4.69, 9.17) is 9.84 Å². The van der Waals surface area contributed by atoms with E-state index in [1.165, 1.54) is 0 Å². The molecule has 0 bridgehead atoms. The van der Waals surface area contributed by atoms with E-state index in [0.29, 0.717) is 17.6 Å². The van der Waals surface area contributed by atoms with Crippen LogP contribution in [0.3, 0.4) is 0 Å². The zero-order valence-electron chi connectivity index (χ0n) is 9.64. The number of rotatable bonds is 7. The van der Waals surface area contributed by atoms with Crippen molar-refractivity contribution in [3.8, 4) is 0 Å². The van der Waals surface area contributed by atoms with Gasteiger partial charge in [-0.15, -0.1) is 0 Å². The van der Waals surface area contributed by atoms with Crippen molar-refractivity contribution in [3.63, 3.8) is 0 Å². The fraction of sp³-hybridized carbons (Fsp3) is 0.600. The Bertz CT molecular complexity index is 262. The van der Waals surface area contributed by atoms with Gasteiger partial charge in [0.15, 0.2) is 0 Å². The first-order chi connectivity index (χ1) is 7.37. The Labute approximate surface area is 94.6 Å². The summed E-state index contributed by atoms with van der Waals surface area (Å²) in [6.07, 6.45) is 0.282. The first-order valence-electron chi connectivity index (χ1n) is 4.85. The minimum atomic E-state index is -0.835. The largest absolute Gasteiger partial charge is 0.513 e. The Morgan fingerprint density at radius 1 is 1.38 bits per heavy atom. The molecule has 0 aliphatic carbocycles. The lowest BCUT2D eigenvalue weighted by atomic mass is 10.3. The second-order valence-corrected chi connectivity index (χ2v) is 3.91. The molecule has 0 fully saturated rings. The lowest BCUT2D eigenvalue weighted by molar-refractivity contribution is -0.889. The van der Waals surface area contributed by atoms with Gasteiger partial charge in [-0.1, -0.05) is 6.58 Å². The summed E-state index contributed by atoms with van der Waals surface area (Å²) in [6.45, 7) is 4.40. The maximum absolute atomic E-state index is 10.8. The molecular formula is C10H18NO5+. The molecule has 0 aromatic rings. The van der Waals surface area contributed by atoms with Crippen molar-refractivity contribution in [3.05, 3.63) is 12.8 Å². The number of aliphatic carboxylic acids is 1. The summed E-state index contributed by atoms with van der Waals surface area (Å²) in [6, 6.07) is 0. The van der Waals surface area contributed by atoms with Crippen molar-refractivity contribution >= 4 is 12.1 Å². The standard InChI is InChI=1S/C10H17NO5/c1-4-15-10(14)16-8-7-11(2,3)6-5-9(12)13/h4H,1,5-8H2,2-3H3/p+1. The molecule has 0 aromatic heterocycles. The normalized spacial score (nSPS) is 10.6. The third-order valence-corrected chi connectivity index (χ3v) is 2.03. The van der Waals surface area contributed by atoms with Crippen LogP contribution in [-0.2, 0) is 14.3 Å². The number of carbonyl (C=O) groups is 2. The highest BCUT2D eigenvalue weighted by atomic mass is 16.7. The Morgan fingerprint density at radius 2 is 2.00 bits per heavy atom. The maximum Gasteiger partial charge on any atom is 0.513 e. The van der Waals surface area contributed by atoms with E-state index in [1.54, 1.807) is 0 Å². The van der Waals surface area contributed by atoms with Crippen LogP contribution in [0.2, 0.25) is 0 Å². The van der Waals surface area contributed by atoms with E-state index in [-0.39, 0.29) is 13.0 Å². The number of hydrogen-bond donors (Lipinski definition) is 1. The molecule has 0 spiro atoms. The minimum Gasteiger partial charge on any atom is -0.481 e. The molecule has 0 amide bonds. The second-order valence-electron chi connectivity index (χ2n) is 3.91. The molecule has 0 unspecified atom stereocenters. The molecule has 0 heterocycles. The van der Waals surface area contributed by atoms with E-state index in [2.05, 4.69) is 11.3 Å². The third kappa shape index (κ3) is 7.81. The number of carboxylic acids is 1. The fourth-order valence-electron chi connectivity index (χ4n) is 0.988. The smallest absolute Gasteiger partial charge is 0.481 e. The van der Waals surface area contributed by atoms with E-state index >= 15 is 0 Å². The van der Waals surface area contributed by atoms with Gasteiger partial charge < -0.3 is 19.1 Å². The Hall–Kier alpha value is -1.56. The Kier molecular flexibility index (Phi) is 6.17. The summed E-state index contributed by atoms with van der Waals surface area (Å²) in [5.41, 5.74) is 0. The molecule has 0 atom stereocenters. The summed E-state index contributed by atoms with van der Waals surface area (Å²) in [4.78, 5) is 21.2. The highest BCUT2D eigenvalue weighted by molar-refractivity contribution is 5.66. The van der Waals surface area contributed by atoms with Gasteiger partial charge in [-0.05, 0) is 0 Å². The van der Waals surface area contributed by atoms with E-state index < -0.39 is 12.1 Å². The van der Waals surface area contributed by atoms with Gasteiger partial charge in [-0.25, -0.2) is 4.79 Å². The number of hydrogen-bond acceptors (Lipinski definition) is 4. The average molecular weight is 232 g/mol. The van der Waals surface area contributed by atoms with Crippen LogP contribution in [0.4, 0.5) is 4.79 Å². The summed E-state index contributed by atoms with van der Waals surface area (Å²) < 4.78 is 9.55. The monoisotopic (exact) mass is 232 g/mol. The van der Waals surface area contributed by atoms with Gasteiger partial charge in [-0.2, -0.15) is 0 Å². The van der Waals surface area contributed by atoms with Crippen LogP contribution in [-0.4, -0.2) is 55.5 Å². The number of ether oxygens (including phenoxy) is 2. The van der Waals surface area contributed by atoms with Crippen LogP contribution in [0, 0.1) is 0 Å². The van der Waals surface area contributed by atoms with Crippen LogP contribution < -0.4 is 0 Å². The van der Waals surface area contributed by atoms with Crippen molar-refractivity contribution in [2.75, 3.05) is 33.8 Å². The molecule has 0 saturated carbocycles. The van der Waals surface area contributed by atoms with Gasteiger partial charge in [0.05, 0.1) is 33.3 Å².